The lowest BCUT2D eigenvalue weighted by Gasteiger charge is -2.34. The maximum absolute atomic E-state index is 12.9. The number of rotatable bonds is 5. The Bertz CT molecular complexity index is 680. The zero-order chi connectivity index (χ0) is 17.0. The molecular weight excluding hydrogens is 356 g/mol. The highest BCUT2D eigenvalue weighted by Gasteiger charge is 2.33. The van der Waals surface area contributed by atoms with Crippen molar-refractivity contribution in [3.8, 4) is 5.75 Å². The molecule has 1 fully saturated rings. The van der Waals surface area contributed by atoms with Gasteiger partial charge in [-0.25, -0.2) is 13.2 Å². The fourth-order valence-electron chi connectivity index (χ4n) is 2.78. The first kappa shape index (κ1) is 20.7. The molecule has 136 valence electrons. The van der Waals surface area contributed by atoms with Crippen molar-refractivity contribution in [3.63, 3.8) is 0 Å². The van der Waals surface area contributed by atoms with Crippen LogP contribution in [0.5, 0.6) is 5.75 Å². The number of sulfonamides is 1. The van der Waals surface area contributed by atoms with Gasteiger partial charge in [-0.15, -0.1) is 12.4 Å². The fraction of sp³-hybridized carbons (Fsp3) is 0.533. The van der Waals surface area contributed by atoms with Crippen molar-refractivity contribution in [1.29, 1.82) is 0 Å². The van der Waals surface area contributed by atoms with Crippen LogP contribution in [0.4, 0.5) is 0 Å². The molecule has 0 aromatic heterocycles. The standard InChI is InChI=1S/C15H22N2O5S.ClH/c1-21-14-7-6-12(9-13(14)15(18)22-2)23(19,20)17-8-4-3-5-11(17)10-16;/h6-7,9,11H,3-5,8,10,16H2,1-2H3;1H. The summed E-state index contributed by atoms with van der Waals surface area (Å²) in [4.78, 5) is 11.9. The van der Waals surface area contributed by atoms with Gasteiger partial charge in [-0.2, -0.15) is 4.31 Å². The first-order chi connectivity index (χ1) is 11.0. The summed E-state index contributed by atoms with van der Waals surface area (Å²) in [6.45, 7) is 0.711. The molecule has 0 bridgehead atoms. The van der Waals surface area contributed by atoms with Crippen LogP contribution in [0.3, 0.4) is 0 Å². The smallest absolute Gasteiger partial charge is 0.341 e. The highest BCUT2D eigenvalue weighted by molar-refractivity contribution is 7.89. The molecule has 0 amide bonds. The van der Waals surface area contributed by atoms with Crippen LogP contribution in [0.15, 0.2) is 23.1 Å². The Labute approximate surface area is 148 Å². The van der Waals surface area contributed by atoms with Gasteiger partial charge in [0.15, 0.2) is 0 Å². The summed E-state index contributed by atoms with van der Waals surface area (Å²) >= 11 is 0. The monoisotopic (exact) mass is 378 g/mol. The summed E-state index contributed by atoms with van der Waals surface area (Å²) in [6.07, 6.45) is 2.51. The number of methoxy groups -OCH3 is 2. The third kappa shape index (κ3) is 4.00. The molecule has 24 heavy (non-hydrogen) atoms. The van der Waals surface area contributed by atoms with Crippen LogP contribution in [0, 0.1) is 0 Å². The summed E-state index contributed by atoms with van der Waals surface area (Å²) in [5.41, 5.74) is 5.79. The minimum Gasteiger partial charge on any atom is -0.496 e. The Kier molecular flexibility index (Phi) is 7.47. The molecule has 7 nitrogen and oxygen atoms in total. The van der Waals surface area contributed by atoms with E-state index >= 15 is 0 Å². The average molecular weight is 379 g/mol. The number of nitrogens with zero attached hydrogens (tertiary/aromatic N) is 1. The maximum Gasteiger partial charge on any atom is 0.341 e. The fourth-order valence-corrected chi connectivity index (χ4v) is 4.51. The van der Waals surface area contributed by atoms with Crippen LogP contribution in [-0.2, 0) is 14.8 Å². The van der Waals surface area contributed by atoms with Gasteiger partial charge in [-0.3, -0.25) is 0 Å². The number of carbonyl (C=O) groups excluding carboxylic acids is 1. The minimum atomic E-state index is -3.72. The van der Waals surface area contributed by atoms with E-state index in [9.17, 15) is 13.2 Å². The van der Waals surface area contributed by atoms with E-state index in [4.69, 9.17) is 10.5 Å². The number of hydrogen-bond acceptors (Lipinski definition) is 6. The predicted octanol–water partition coefficient (Wildman–Crippen LogP) is 1.41. The Balaban J connectivity index is 0.00000288. The number of benzene rings is 1. The molecule has 1 unspecified atom stereocenters. The van der Waals surface area contributed by atoms with Crippen LogP contribution in [0.2, 0.25) is 0 Å². The van der Waals surface area contributed by atoms with Gasteiger partial charge in [0, 0.05) is 19.1 Å². The molecule has 1 aliphatic rings. The van der Waals surface area contributed by atoms with E-state index in [-0.39, 0.29) is 41.2 Å². The van der Waals surface area contributed by atoms with Crippen LogP contribution < -0.4 is 10.5 Å². The highest BCUT2D eigenvalue weighted by Crippen LogP contribution is 2.28. The topological polar surface area (TPSA) is 98.9 Å². The molecule has 0 spiro atoms. The lowest BCUT2D eigenvalue weighted by atomic mass is 10.1. The van der Waals surface area contributed by atoms with Crippen molar-refractivity contribution < 1.29 is 22.7 Å². The first-order valence-electron chi connectivity index (χ1n) is 7.44. The number of carbonyl (C=O) groups is 1. The SMILES string of the molecule is COC(=O)c1cc(S(=O)(=O)N2CCCCC2CN)ccc1OC.Cl. The zero-order valence-electron chi connectivity index (χ0n) is 13.7. The Hall–Kier alpha value is -1.35. The molecule has 2 rings (SSSR count). The first-order valence-corrected chi connectivity index (χ1v) is 8.88. The normalized spacial score (nSPS) is 18.5. The van der Waals surface area contributed by atoms with E-state index in [1.165, 1.54) is 36.7 Å². The van der Waals surface area contributed by atoms with E-state index in [0.717, 1.165) is 19.3 Å². The molecule has 0 saturated carbocycles. The molecule has 2 N–H and O–H groups in total. The summed E-state index contributed by atoms with van der Waals surface area (Å²) in [5, 5.41) is 0. The van der Waals surface area contributed by atoms with Gasteiger partial charge in [0.1, 0.15) is 11.3 Å². The van der Waals surface area contributed by atoms with Gasteiger partial charge in [0.2, 0.25) is 10.0 Å². The summed E-state index contributed by atoms with van der Waals surface area (Å²) in [7, 11) is -1.08. The third-order valence-corrected chi connectivity index (χ3v) is 5.98. The number of piperidine rings is 1. The predicted molar refractivity (Wildman–Crippen MR) is 92.2 cm³/mol. The minimum absolute atomic E-state index is 0. The number of esters is 1. The lowest BCUT2D eigenvalue weighted by Crippen LogP contribution is -2.47. The van der Waals surface area contributed by atoms with E-state index in [2.05, 4.69) is 4.74 Å². The molecule has 0 radical (unpaired) electrons. The van der Waals surface area contributed by atoms with Crippen LogP contribution in [-0.4, -0.2) is 52.0 Å². The quantitative estimate of drug-likeness (QED) is 0.777. The van der Waals surface area contributed by atoms with E-state index in [1.807, 2.05) is 0 Å². The van der Waals surface area contributed by atoms with Crippen molar-refractivity contribution in [2.75, 3.05) is 27.3 Å². The maximum atomic E-state index is 12.9. The number of hydrogen-bond donors (Lipinski definition) is 1. The molecule has 1 aliphatic heterocycles. The van der Waals surface area contributed by atoms with Crippen molar-refractivity contribution in [3.05, 3.63) is 23.8 Å². The molecule has 1 atom stereocenters. The zero-order valence-corrected chi connectivity index (χ0v) is 15.4. The molecular formula is C15H23ClN2O5S. The largest absolute Gasteiger partial charge is 0.496 e. The summed E-state index contributed by atoms with van der Waals surface area (Å²) in [5.74, 6) is -0.377. The van der Waals surface area contributed by atoms with E-state index in [1.54, 1.807) is 0 Å². The van der Waals surface area contributed by atoms with Crippen LogP contribution in [0.25, 0.3) is 0 Å². The van der Waals surface area contributed by atoms with Gasteiger partial charge < -0.3 is 15.2 Å². The second-order valence-electron chi connectivity index (χ2n) is 5.35. The number of halogens is 1. The van der Waals surface area contributed by atoms with Gasteiger partial charge in [0.05, 0.1) is 19.1 Å². The molecule has 0 aliphatic carbocycles. The second kappa shape index (κ2) is 8.66. The number of ether oxygens (including phenoxy) is 2. The molecule has 1 saturated heterocycles. The summed E-state index contributed by atoms with van der Waals surface area (Å²) < 4.78 is 37.0. The van der Waals surface area contributed by atoms with E-state index in [0.29, 0.717) is 6.54 Å². The van der Waals surface area contributed by atoms with E-state index < -0.39 is 16.0 Å². The average Bonchev–Trinajstić information content (AvgIpc) is 2.60. The Morgan fingerprint density at radius 2 is 2.04 bits per heavy atom. The Morgan fingerprint density at radius 1 is 1.33 bits per heavy atom. The second-order valence-corrected chi connectivity index (χ2v) is 7.25. The van der Waals surface area contributed by atoms with Crippen LogP contribution >= 0.6 is 12.4 Å². The van der Waals surface area contributed by atoms with Gasteiger partial charge in [-0.05, 0) is 31.0 Å². The third-order valence-electron chi connectivity index (χ3n) is 4.03. The molecule has 1 aromatic carbocycles. The van der Waals surface area contributed by atoms with Crippen molar-refractivity contribution in [1.82, 2.24) is 4.31 Å². The van der Waals surface area contributed by atoms with Gasteiger partial charge in [-0.1, -0.05) is 6.42 Å². The van der Waals surface area contributed by atoms with Gasteiger partial charge >= 0.3 is 5.97 Å². The summed E-state index contributed by atoms with van der Waals surface area (Å²) in [6, 6.07) is 3.98. The van der Waals surface area contributed by atoms with Crippen molar-refractivity contribution in [2.24, 2.45) is 5.73 Å². The van der Waals surface area contributed by atoms with Gasteiger partial charge in [0.25, 0.3) is 0 Å². The molecule has 1 heterocycles. The lowest BCUT2D eigenvalue weighted by molar-refractivity contribution is 0.0597. The Morgan fingerprint density at radius 3 is 2.62 bits per heavy atom. The highest BCUT2D eigenvalue weighted by atomic mass is 35.5. The van der Waals surface area contributed by atoms with Crippen molar-refractivity contribution >= 4 is 28.4 Å². The number of nitrogens with two attached hydrogens (primary N) is 1. The molecule has 1 aromatic rings. The molecule has 9 heteroatoms. The van der Waals surface area contributed by atoms with Crippen LogP contribution in [0.1, 0.15) is 29.6 Å². The van der Waals surface area contributed by atoms with Crippen molar-refractivity contribution in [2.45, 2.75) is 30.2 Å².